The van der Waals surface area contributed by atoms with Crippen molar-refractivity contribution >= 4 is 44.9 Å². The third-order valence-corrected chi connectivity index (χ3v) is 13.8. The van der Waals surface area contributed by atoms with Crippen molar-refractivity contribution in [2.75, 3.05) is 0 Å². The smallest absolute Gasteiger partial charge is 0.247 e. The van der Waals surface area contributed by atoms with Crippen LogP contribution in [0.5, 0.6) is 0 Å². The maximum Gasteiger partial charge on any atom is 0.247 e. The number of benzene rings is 10. The maximum atomic E-state index is 2.57. The Morgan fingerprint density at radius 1 is 0.308 bits per heavy atom. The van der Waals surface area contributed by atoms with Crippen LogP contribution in [-0.4, -0.2) is 11.3 Å². The van der Waals surface area contributed by atoms with E-state index in [0.717, 1.165) is 0 Å². The van der Waals surface area contributed by atoms with Gasteiger partial charge in [-0.2, -0.15) is 0 Å². The number of aryl methyl sites for hydroxylation is 3. The monoisotopic (exact) mass is 827 g/mol. The van der Waals surface area contributed by atoms with Crippen molar-refractivity contribution in [3.63, 3.8) is 0 Å². The molecule has 1 aromatic heterocycles. The molecule has 11 aromatic rings. The summed E-state index contributed by atoms with van der Waals surface area (Å²) in [7, 11) is 0. The number of hydrogen-bond donors (Lipinski definition) is 0. The Balaban J connectivity index is 1.09. The topological polar surface area (TPSA) is 4.93 Å². The Hall–Kier alpha value is -7.94. The molecular formula is C63H46BN. The van der Waals surface area contributed by atoms with E-state index in [9.17, 15) is 0 Å². The second kappa shape index (κ2) is 15.7. The predicted molar refractivity (Wildman–Crippen MR) is 279 cm³/mol. The van der Waals surface area contributed by atoms with Crippen molar-refractivity contribution in [3.05, 3.63) is 241 Å². The second-order valence-corrected chi connectivity index (χ2v) is 17.9. The fourth-order valence-electron chi connectivity index (χ4n) is 10.7. The van der Waals surface area contributed by atoms with E-state index in [1.54, 1.807) is 0 Å². The fourth-order valence-corrected chi connectivity index (χ4v) is 10.7. The van der Waals surface area contributed by atoms with Crippen molar-refractivity contribution < 1.29 is 0 Å². The van der Waals surface area contributed by atoms with Crippen LogP contribution < -0.4 is 16.4 Å². The van der Waals surface area contributed by atoms with E-state index in [1.807, 2.05) is 0 Å². The van der Waals surface area contributed by atoms with E-state index in [0.29, 0.717) is 0 Å². The van der Waals surface area contributed by atoms with Crippen molar-refractivity contribution in [2.24, 2.45) is 0 Å². The van der Waals surface area contributed by atoms with E-state index in [2.05, 4.69) is 250 Å². The van der Waals surface area contributed by atoms with Gasteiger partial charge in [-0.25, -0.2) is 0 Å². The van der Waals surface area contributed by atoms with Crippen molar-refractivity contribution in [2.45, 2.75) is 20.8 Å². The quantitative estimate of drug-likeness (QED) is 0.141. The van der Waals surface area contributed by atoms with Crippen LogP contribution in [0.15, 0.2) is 224 Å². The molecule has 0 unspecified atom stereocenters. The zero-order valence-corrected chi connectivity index (χ0v) is 36.9. The molecule has 0 saturated heterocycles. The third kappa shape index (κ3) is 6.73. The molecule has 0 atom stereocenters. The van der Waals surface area contributed by atoms with Gasteiger partial charge in [-0.3, -0.25) is 0 Å². The van der Waals surface area contributed by atoms with E-state index < -0.39 is 0 Å². The van der Waals surface area contributed by atoms with Gasteiger partial charge in [0.05, 0.1) is 5.52 Å². The molecule has 0 spiro atoms. The molecule has 0 saturated carbocycles. The van der Waals surface area contributed by atoms with Gasteiger partial charge in [-0.05, 0) is 123 Å². The van der Waals surface area contributed by atoms with E-state index in [1.165, 1.54) is 127 Å². The highest BCUT2D eigenvalue weighted by atomic mass is 15.0. The predicted octanol–water partition coefficient (Wildman–Crippen LogP) is 14.5. The first kappa shape index (κ1) is 38.7. The minimum Gasteiger partial charge on any atom is -0.310 e. The summed E-state index contributed by atoms with van der Waals surface area (Å²) < 4.78 is 2.57. The lowest BCUT2D eigenvalue weighted by Crippen LogP contribution is -2.57. The zero-order chi connectivity index (χ0) is 43.6. The highest BCUT2D eigenvalue weighted by molar-refractivity contribution is 6.98. The SMILES string of the molecule is Cc1cc(C)c(B2c3cc(-c4ccc(-c5ccccc5)cc4)ccc3-n3c4ccc(-c5ccc(-c6ccccc6)cc5)cc4c4cc(-c5ccc(-c6ccccc6)cc5)cc2c43)c(C)c1. The van der Waals surface area contributed by atoms with Crippen LogP contribution in [0.4, 0.5) is 0 Å². The van der Waals surface area contributed by atoms with Gasteiger partial charge in [0.15, 0.2) is 0 Å². The molecule has 0 N–H and O–H groups in total. The molecule has 0 fully saturated rings. The van der Waals surface area contributed by atoms with Crippen LogP contribution in [0, 0.1) is 20.8 Å². The molecular weight excluding hydrogens is 782 g/mol. The minimum absolute atomic E-state index is 0.0157. The highest BCUT2D eigenvalue weighted by Gasteiger charge is 2.36. The standard InChI is InChI=1S/C63H46BN/c1-41-35-42(2)62(43(3)36-41)64-58-39-54(51-27-21-48(22-28-51)45-15-9-5-10-16-45)32-34-61(58)65-60-33-31-53(50-25-19-47(20-26-50)44-13-7-4-8-14-44)37-56(60)57-38-55(40-59(64)63(57)65)52-29-23-49(24-30-52)46-17-11-6-12-18-46/h4-40H,1-3H3. The molecule has 2 heteroatoms. The lowest BCUT2D eigenvalue weighted by Gasteiger charge is -2.30. The van der Waals surface area contributed by atoms with Crippen LogP contribution >= 0.6 is 0 Å². The molecule has 1 aliphatic rings. The summed E-state index contributed by atoms with van der Waals surface area (Å²) in [5.41, 5.74) is 26.4. The Morgan fingerprint density at radius 2 is 0.677 bits per heavy atom. The number of nitrogens with zero attached hydrogens (tertiary/aromatic N) is 1. The van der Waals surface area contributed by atoms with Crippen LogP contribution in [0.1, 0.15) is 16.7 Å². The summed E-state index contributed by atoms with van der Waals surface area (Å²) in [6, 6.07) is 83.3. The van der Waals surface area contributed by atoms with Crippen molar-refractivity contribution in [1.82, 2.24) is 4.57 Å². The fraction of sp³-hybridized carbons (Fsp3) is 0.0476. The van der Waals surface area contributed by atoms with Gasteiger partial charge in [0.25, 0.3) is 0 Å². The van der Waals surface area contributed by atoms with Gasteiger partial charge in [-0.1, -0.05) is 222 Å². The van der Waals surface area contributed by atoms with Crippen molar-refractivity contribution in [3.8, 4) is 72.4 Å². The normalized spacial score (nSPS) is 11.9. The van der Waals surface area contributed by atoms with Crippen LogP contribution in [0.3, 0.4) is 0 Å². The largest absolute Gasteiger partial charge is 0.310 e. The third-order valence-electron chi connectivity index (χ3n) is 13.8. The number of aromatic nitrogens is 1. The molecule has 0 aliphatic carbocycles. The first-order valence-corrected chi connectivity index (χ1v) is 22.8. The molecule has 1 nitrogen and oxygen atoms in total. The summed E-state index contributed by atoms with van der Waals surface area (Å²) in [5, 5.41) is 2.54. The average Bonchev–Trinajstić information content (AvgIpc) is 3.69. The molecule has 10 aromatic carbocycles. The Morgan fingerprint density at radius 3 is 1.17 bits per heavy atom. The highest BCUT2D eigenvalue weighted by Crippen LogP contribution is 2.40. The van der Waals surface area contributed by atoms with Gasteiger partial charge < -0.3 is 4.57 Å². The van der Waals surface area contributed by atoms with Gasteiger partial charge in [0.2, 0.25) is 6.71 Å². The molecule has 306 valence electrons. The molecule has 0 radical (unpaired) electrons. The lowest BCUT2D eigenvalue weighted by molar-refractivity contribution is 1.19. The van der Waals surface area contributed by atoms with Crippen LogP contribution in [0.25, 0.3) is 94.3 Å². The van der Waals surface area contributed by atoms with Crippen LogP contribution in [-0.2, 0) is 0 Å². The summed E-state index contributed by atoms with van der Waals surface area (Å²) in [6.45, 7) is 6.86. The molecule has 65 heavy (non-hydrogen) atoms. The van der Waals surface area contributed by atoms with Crippen molar-refractivity contribution in [1.29, 1.82) is 0 Å². The Bertz CT molecular complexity index is 3540. The van der Waals surface area contributed by atoms with Gasteiger partial charge >= 0.3 is 0 Å². The maximum absolute atomic E-state index is 2.57. The molecule has 0 bridgehead atoms. The Kier molecular flexibility index (Phi) is 9.35. The Labute approximate surface area is 382 Å². The number of hydrogen-bond acceptors (Lipinski definition) is 0. The van der Waals surface area contributed by atoms with E-state index >= 15 is 0 Å². The van der Waals surface area contributed by atoms with Crippen LogP contribution in [0.2, 0.25) is 0 Å². The first-order chi connectivity index (χ1) is 31.9. The van der Waals surface area contributed by atoms with Gasteiger partial charge in [-0.15, -0.1) is 0 Å². The molecule has 0 amide bonds. The summed E-state index contributed by atoms with van der Waals surface area (Å²) in [6.07, 6.45) is 0. The van der Waals surface area contributed by atoms with Gasteiger partial charge in [0, 0.05) is 22.0 Å². The van der Waals surface area contributed by atoms with E-state index in [4.69, 9.17) is 0 Å². The minimum atomic E-state index is 0.0157. The lowest BCUT2D eigenvalue weighted by atomic mass is 9.34. The summed E-state index contributed by atoms with van der Waals surface area (Å²) >= 11 is 0. The average molecular weight is 828 g/mol. The summed E-state index contributed by atoms with van der Waals surface area (Å²) in [4.78, 5) is 0. The summed E-state index contributed by atoms with van der Waals surface area (Å²) in [5.74, 6) is 0. The second-order valence-electron chi connectivity index (χ2n) is 17.9. The zero-order valence-electron chi connectivity index (χ0n) is 36.9. The molecule has 12 rings (SSSR count). The van der Waals surface area contributed by atoms with E-state index in [-0.39, 0.29) is 6.71 Å². The number of rotatable bonds is 7. The molecule has 1 aliphatic heterocycles. The first-order valence-electron chi connectivity index (χ1n) is 22.8. The number of fused-ring (bicyclic) bond motifs is 5. The van der Waals surface area contributed by atoms with Gasteiger partial charge in [0.1, 0.15) is 0 Å². The molecule has 2 heterocycles.